The molecule has 1 N–H and O–H groups in total. The molecule has 3 atom stereocenters. The van der Waals surface area contributed by atoms with E-state index < -0.39 is 9.84 Å². The summed E-state index contributed by atoms with van der Waals surface area (Å²) < 4.78 is 23.2. The van der Waals surface area contributed by atoms with Gasteiger partial charge in [0.15, 0.2) is 9.84 Å². The van der Waals surface area contributed by atoms with Crippen LogP contribution in [0.1, 0.15) is 24.8 Å². The van der Waals surface area contributed by atoms with Crippen LogP contribution in [-0.4, -0.2) is 38.0 Å². The van der Waals surface area contributed by atoms with Gasteiger partial charge in [0, 0.05) is 18.4 Å². The van der Waals surface area contributed by atoms with E-state index in [1.165, 1.54) is 5.56 Å². The molecule has 1 aromatic heterocycles. The number of hydrogen-bond acceptors (Lipinski definition) is 4. The van der Waals surface area contributed by atoms with Crippen LogP contribution in [0.2, 0.25) is 0 Å². The standard InChI is InChI=1S/C13H20N2O2S/c1-10(11-3-6-15-7-4-11)13(14-2)12-5-8-18(16,17)9-12/h3-4,6-7,10,12-14H,5,8-9H2,1-2H3. The summed E-state index contributed by atoms with van der Waals surface area (Å²) in [6.45, 7) is 2.14. The normalized spacial score (nSPS) is 25.8. The van der Waals surface area contributed by atoms with Gasteiger partial charge in [-0.25, -0.2) is 8.42 Å². The topological polar surface area (TPSA) is 59.1 Å². The van der Waals surface area contributed by atoms with Gasteiger partial charge in [0.2, 0.25) is 0 Å². The van der Waals surface area contributed by atoms with E-state index in [0.29, 0.717) is 11.5 Å². The summed E-state index contributed by atoms with van der Waals surface area (Å²) in [6.07, 6.45) is 4.33. The van der Waals surface area contributed by atoms with E-state index in [0.717, 1.165) is 6.42 Å². The molecule has 1 saturated heterocycles. The minimum Gasteiger partial charge on any atom is -0.316 e. The van der Waals surface area contributed by atoms with Crippen LogP contribution in [0.15, 0.2) is 24.5 Å². The van der Waals surface area contributed by atoms with Crippen molar-refractivity contribution in [3.05, 3.63) is 30.1 Å². The Morgan fingerprint density at radius 3 is 2.56 bits per heavy atom. The highest BCUT2D eigenvalue weighted by Gasteiger charge is 2.35. The molecule has 1 aliphatic heterocycles. The van der Waals surface area contributed by atoms with Gasteiger partial charge in [-0.15, -0.1) is 0 Å². The van der Waals surface area contributed by atoms with Gasteiger partial charge in [-0.05, 0) is 43.0 Å². The predicted molar refractivity (Wildman–Crippen MR) is 72.3 cm³/mol. The highest BCUT2D eigenvalue weighted by Crippen LogP contribution is 2.30. The van der Waals surface area contributed by atoms with Crippen LogP contribution in [0.5, 0.6) is 0 Å². The molecule has 2 rings (SSSR count). The Morgan fingerprint density at radius 1 is 1.39 bits per heavy atom. The van der Waals surface area contributed by atoms with Crippen molar-refractivity contribution in [1.82, 2.24) is 10.3 Å². The lowest BCUT2D eigenvalue weighted by atomic mass is 9.85. The summed E-state index contributed by atoms with van der Waals surface area (Å²) in [5.41, 5.74) is 1.20. The lowest BCUT2D eigenvalue weighted by molar-refractivity contribution is 0.359. The molecule has 1 aromatic rings. The number of sulfone groups is 1. The van der Waals surface area contributed by atoms with E-state index in [2.05, 4.69) is 17.2 Å². The minimum atomic E-state index is -2.82. The first-order valence-electron chi connectivity index (χ1n) is 6.31. The number of nitrogens with one attached hydrogen (secondary N) is 1. The number of nitrogens with zero attached hydrogens (tertiary/aromatic N) is 1. The SMILES string of the molecule is CNC(C1CCS(=O)(=O)C1)C(C)c1ccncc1. The zero-order valence-corrected chi connectivity index (χ0v) is 11.7. The number of aromatic nitrogens is 1. The summed E-state index contributed by atoms with van der Waals surface area (Å²) in [7, 11) is -0.909. The van der Waals surface area contributed by atoms with Gasteiger partial charge in [0.05, 0.1) is 11.5 Å². The van der Waals surface area contributed by atoms with E-state index in [1.807, 2.05) is 19.2 Å². The number of hydrogen-bond donors (Lipinski definition) is 1. The molecular formula is C13H20N2O2S. The Balaban J connectivity index is 2.14. The maximum absolute atomic E-state index is 11.6. The van der Waals surface area contributed by atoms with Gasteiger partial charge < -0.3 is 5.32 Å². The maximum Gasteiger partial charge on any atom is 0.150 e. The van der Waals surface area contributed by atoms with Crippen LogP contribution in [0, 0.1) is 5.92 Å². The largest absolute Gasteiger partial charge is 0.316 e. The van der Waals surface area contributed by atoms with E-state index in [1.54, 1.807) is 12.4 Å². The lowest BCUT2D eigenvalue weighted by Crippen LogP contribution is -2.38. The average molecular weight is 268 g/mol. The van der Waals surface area contributed by atoms with E-state index in [4.69, 9.17) is 0 Å². The van der Waals surface area contributed by atoms with Crippen molar-refractivity contribution in [3.8, 4) is 0 Å². The first kappa shape index (κ1) is 13.5. The summed E-state index contributed by atoms with van der Waals surface area (Å²) in [5.74, 6) is 1.15. The lowest BCUT2D eigenvalue weighted by Gasteiger charge is -2.28. The predicted octanol–water partition coefficient (Wildman–Crippen LogP) is 1.21. The molecule has 0 bridgehead atoms. The number of rotatable bonds is 4. The zero-order chi connectivity index (χ0) is 13.2. The van der Waals surface area contributed by atoms with E-state index in [9.17, 15) is 8.42 Å². The van der Waals surface area contributed by atoms with Crippen molar-refractivity contribution in [2.45, 2.75) is 25.3 Å². The van der Waals surface area contributed by atoms with Crippen LogP contribution in [-0.2, 0) is 9.84 Å². The van der Waals surface area contributed by atoms with Crippen LogP contribution in [0.25, 0.3) is 0 Å². The molecule has 5 heteroatoms. The molecular weight excluding hydrogens is 248 g/mol. The highest BCUT2D eigenvalue weighted by molar-refractivity contribution is 7.91. The van der Waals surface area contributed by atoms with Crippen molar-refractivity contribution in [1.29, 1.82) is 0 Å². The van der Waals surface area contributed by atoms with Crippen molar-refractivity contribution < 1.29 is 8.42 Å². The summed E-state index contributed by atoms with van der Waals surface area (Å²) in [6, 6.07) is 4.20. The van der Waals surface area contributed by atoms with Crippen molar-refractivity contribution in [2.24, 2.45) is 5.92 Å². The third-order valence-electron chi connectivity index (χ3n) is 3.88. The molecule has 18 heavy (non-hydrogen) atoms. The minimum absolute atomic E-state index is 0.199. The number of likely N-dealkylation sites (N-methyl/N-ethyl adjacent to an activating group) is 1. The molecule has 1 aliphatic rings. The van der Waals surface area contributed by atoms with Gasteiger partial charge in [-0.1, -0.05) is 6.92 Å². The Morgan fingerprint density at radius 2 is 2.06 bits per heavy atom. The van der Waals surface area contributed by atoms with E-state index >= 15 is 0 Å². The summed E-state index contributed by atoms with van der Waals surface area (Å²) in [4.78, 5) is 4.02. The molecule has 0 amide bonds. The molecule has 4 nitrogen and oxygen atoms in total. The van der Waals surface area contributed by atoms with Gasteiger partial charge >= 0.3 is 0 Å². The van der Waals surface area contributed by atoms with Gasteiger partial charge in [-0.3, -0.25) is 4.98 Å². The Labute approximate surface area is 109 Å². The zero-order valence-electron chi connectivity index (χ0n) is 10.8. The monoisotopic (exact) mass is 268 g/mol. The van der Waals surface area contributed by atoms with Gasteiger partial charge in [-0.2, -0.15) is 0 Å². The van der Waals surface area contributed by atoms with Crippen molar-refractivity contribution in [3.63, 3.8) is 0 Å². The molecule has 1 fully saturated rings. The summed E-state index contributed by atoms with van der Waals surface area (Å²) >= 11 is 0. The molecule has 0 aliphatic carbocycles. The molecule has 0 aromatic carbocycles. The fourth-order valence-electron chi connectivity index (χ4n) is 2.88. The molecule has 100 valence electrons. The second-order valence-corrected chi connectivity index (χ2v) is 7.28. The molecule has 3 unspecified atom stereocenters. The van der Waals surface area contributed by atoms with E-state index in [-0.39, 0.29) is 17.9 Å². The van der Waals surface area contributed by atoms with Gasteiger partial charge in [0.25, 0.3) is 0 Å². The smallest absolute Gasteiger partial charge is 0.150 e. The molecule has 0 radical (unpaired) electrons. The first-order valence-corrected chi connectivity index (χ1v) is 8.13. The Hall–Kier alpha value is -0.940. The summed E-state index contributed by atoms with van der Waals surface area (Å²) in [5, 5.41) is 3.30. The maximum atomic E-state index is 11.6. The quantitative estimate of drug-likeness (QED) is 0.891. The second-order valence-electron chi connectivity index (χ2n) is 5.05. The fourth-order valence-corrected chi connectivity index (χ4v) is 4.73. The first-order chi connectivity index (χ1) is 8.53. The third kappa shape index (κ3) is 2.90. The second kappa shape index (κ2) is 5.36. The molecule has 0 spiro atoms. The Bertz CT molecular complexity index is 487. The molecule has 2 heterocycles. The van der Waals surface area contributed by atoms with Crippen LogP contribution < -0.4 is 5.32 Å². The Kier molecular flexibility index (Phi) is 4.02. The molecule has 0 saturated carbocycles. The van der Waals surface area contributed by atoms with Crippen molar-refractivity contribution >= 4 is 9.84 Å². The van der Waals surface area contributed by atoms with Gasteiger partial charge in [0.1, 0.15) is 0 Å². The number of pyridine rings is 1. The van der Waals surface area contributed by atoms with Crippen LogP contribution in [0.4, 0.5) is 0 Å². The fraction of sp³-hybridized carbons (Fsp3) is 0.615. The average Bonchev–Trinajstić information content (AvgIpc) is 2.71. The van der Waals surface area contributed by atoms with Crippen LogP contribution >= 0.6 is 0 Å². The van der Waals surface area contributed by atoms with Crippen molar-refractivity contribution in [2.75, 3.05) is 18.6 Å². The third-order valence-corrected chi connectivity index (χ3v) is 5.67. The van der Waals surface area contributed by atoms with Crippen LogP contribution in [0.3, 0.4) is 0 Å². The highest BCUT2D eigenvalue weighted by atomic mass is 32.2.